The van der Waals surface area contributed by atoms with Crippen LogP contribution in [0, 0.1) is 13.8 Å². The zero-order valence-corrected chi connectivity index (χ0v) is 16.3. The van der Waals surface area contributed by atoms with Crippen molar-refractivity contribution >= 4 is 17.4 Å². The molecule has 1 aromatic carbocycles. The van der Waals surface area contributed by atoms with E-state index < -0.39 is 0 Å². The van der Waals surface area contributed by atoms with Gasteiger partial charge in [0.05, 0.1) is 5.69 Å². The van der Waals surface area contributed by atoms with Gasteiger partial charge in [0.25, 0.3) is 0 Å². The lowest BCUT2D eigenvalue weighted by Gasteiger charge is -2.24. The van der Waals surface area contributed by atoms with Gasteiger partial charge in [-0.1, -0.05) is 6.07 Å². The summed E-state index contributed by atoms with van der Waals surface area (Å²) >= 11 is 0. The third kappa shape index (κ3) is 2.39. The van der Waals surface area contributed by atoms with Gasteiger partial charge in [-0.3, -0.25) is 4.79 Å². The number of anilines is 1. The highest BCUT2D eigenvalue weighted by atomic mass is 16.7. The van der Waals surface area contributed by atoms with Gasteiger partial charge >= 0.3 is 0 Å². The van der Waals surface area contributed by atoms with Gasteiger partial charge in [-0.25, -0.2) is 0 Å². The molecule has 10 heteroatoms. The van der Waals surface area contributed by atoms with Crippen LogP contribution in [0.3, 0.4) is 0 Å². The van der Waals surface area contributed by atoms with Crippen LogP contribution < -0.4 is 14.8 Å². The van der Waals surface area contributed by atoms with Crippen LogP contribution in [0.25, 0.3) is 11.5 Å². The number of hydrogen-bond donors (Lipinski definition) is 1. The number of aryl methyl sites for hydroxylation is 2. The van der Waals surface area contributed by atoms with E-state index in [2.05, 4.69) is 20.6 Å². The Morgan fingerprint density at radius 2 is 1.93 bits per heavy atom. The SMILES string of the molecule is Cc1nn(-c2ccc3nnc(C)n3n2)c2c1[C@H](c1ccc3c(c1)OCO3)CC(=O)N2. The summed E-state index contributed by atoms with van der Waals surface area (Å²) in [5, 5.41) is 20.4. The molecule has 0 radical (unpaired) electrons. The van der Waals surface area contributed by atoms with Crippen LogP contribution in [-0.2, 0) is 4.79 Å². The van der Waals surface area contributed by atoms with E-state index in [-0.39, 0.29) is 18.6 Å². The molecule has 4 aromatic rings. The summed E-state index contributed by atoms with van der Waals surface area (Å²) in [6.07, 6.45) is 0.330. The Morgan fingerprint density at radius 1 is 1.07 bits per heavy atom. The molecule has 0 bridgehead atoms. The molecule has 0 aliphatic carbocycles. The average Bonchev–Trinajstić information content (AvgIpc) is 3.44. The van der Waals surface area contributed by atoms with Gasteiger partial charge in [0.15, 0.2) is 28.8 Å². The zero-order chi connectivity index (χ0) is 20.4. The predicted molar refractivity (Wildman–Crippen MR) is 105 cm³/mol. The van der Waals surface area contributed by atoms with Crippen molar-refractivity contribution in [3.05, 3.63) is 53.0 Å². The van der Waals surface area contributed by atoms with Gasteiger partial charge in [-0.05, 0) is 43.7 Å². The van der Waals surface area contributed by atoms with E-state index in [1.165, 1.54) is 0 Å². The number of benzene rings is 1. The van der Waals surface area contributed by atoms with Gasteiger partial charge in [-0.2, -0.15) is 14.3 Å². The first-order chi connectivity index (χ1) is 14.6. The summed E-state index contributed by atoms with van der Waals surface area (Å²) in [5.74, 6) is 3.07. The van der Waals surface area contributed by atoms with E-state index in [1.807, 2.05) is 44.2 Å². The van der Waals surface area contributed by atoms with Crippen LogP contribution in [-0.4, -0.2) is 42.3 Å². The van der Waals surface area contributed by atoms with Crippen LogP contribution in [0.4, 0.5) is 5.82 Å². The number of amides is 1. The molecule has 150 valence electrons. The zero-order valence-electron chi connectivity index (χ0n) is 16.3. The molecule has 2 aliphatic heterocycles. The molecule has 1 N–H and O–H groups in total. The molecule has 0 saturated carbocycles. The second kappa shape index (κ2) is 6.02. The third-order valence-corrected chi connectivity index (χ3v) is 5.52. The van der Waals surface area contributed by atoms with Crippen molar-refractivity contribution in [2.45, 2.75) is 26.2 Å². The van der Waals surface area contributed by atoms with Crippen molar-refractivity contribution in [2.24, 2.45) is 0 Å². The molecule has 6 rings (SSSR count). The van der Waals surface area contributed by atoms with Gasteiger partial charge in [0.2, 0.25) is 12.7 Å². The van der Waals surface area contributed by atoms with Crippen molar-refractivity contribution in [1.29, 1.82) is 0 Å². The van der Waals surface area contributed by atoms with Crippen LogP contribution in [0.15, 0.2) is 30.3 Å². The quantitative estimate of drug-likeness (QED) is 0.546. The average molecular weight is 403 g/mol. The fourth-order valence-electron chi connectivity index (χ4n) is 4.13. The van der Waals surface area contributed by atoms with Crippen LogP contribution >= 0.6 is 0 Å². The van der Waals surface area contributed by atoms with E-state index in [0.29, 0.717) is 41.0 Å². The Morgan fingerprint density at radius 3 is 2.83 bits per heavy atom. The highest BCUT2D eigenvalue weighted by Crippen LogP contribution is 2.43. The van der Waals surface area contributed by atoms with Gasteiger partial charge in [-0.15, -0.1) is 15.3 Å². The van der Waals surface area contributed by atoms with E-state index >= 15 is 0 Å². The number of nitrogens with zero attached hydrogens (tertiary/aromatic N) is 6. The molecule has 3 aromatic heterocycles. The minimum atomic E-state index is -0.141. The molecule has 0 saturated heterocycles. The monoisotopic (exact) mass is 403 g/mol. The standard InChI is InChI=1S/C20H17N7O3/c1-10-19-13(12-3-4-14-15(7-12)30-9-29-14)8-18(28)21-20(19)27(24-10)17-6-5-16-23-22-11(2)26(16)25-17/h3-7,13H,8-9H2,1-2H3,(H,21,28)/t13-/m0/s1. The van der Waals surface area contributed by atoms with Crippen LogP contribution in [0.5, 0.6) is 11.5 Å². The van der Waals surface area contributed by atoms with E-state index in [0.717, 1.165) is 16.8 Å². The summed E-state index contributed by atoms with van der Waals surface area (Å²) < 4.78 is 14.3. The van der Waals surface area contributed by atoms with Crippen molar-refractivity contribution in [2.75, 3.05) is 12.1 Å². The maximum Gasteiger partial charge on any atom is 0.231 e. The summed E-state index contributed by atoms with van der Waals surface area (Å²) in [4.78, 5) is 12.6. The Labute approximate surface area is 170 Å². The number of nitrogens with one attached hydrogen (secondary N) is 1. The molecule has 5 heterocycles. The molecule has 0 fully saturated rings. The summed E-state index contributed by atoms with van der Waals surface area (Å²) in [5.41, 5.74) is 3.43. The van der Waals surface area contributed by atoms with Gasteiger partial charge in [0, 0.05) is 17.9 Å². The highest BCUT2D eigenvalue weighted by Gasteiger charge is 2.33. The Hall–Kier alpha value is -3.95. The highest BCUT2D eigenvalue weighted by molar-refractivity contribution is 5.95. The number of hydrogen-bond acceptors (Lipinski definition) is 7. The number of ether oxygens (including phenoxy) is 2. The normalized spacial score (nSPS) is 17.3. The lowest BCUT2D eigenvalue weighted by Crippen LogP contribution is -2.25. The van der Waals surface area contributed by atoms with E-state index in [1.54, 1.807) is 9.20 Å². The summed E-state index contributed by atoms with van der Waals surface area (Å²) in [7, 11) is 0. The van der Waals surface area contributed by atoms with Crippen molar-refractivity contribution in [3.8, 4) is 17.3 Å². The molecular formula is C20H17N7O3. The van der Waals surface area contributed by atoms with E-state index in [4.69, 9.17) is 14.6 Å². The molecule has 30 heavy (non-hydrogen) atoms. The first-order valence-electron chi connectivity index (χ1n) is 9.57. The number of fused-ring (bicyclic) bond motifs is 3. The number of carbonyl (C=O) groups is 1. The predicted octanol–water partition coefficient (Wildman–Crippen LogP) is 2.13. The fourth-order valence-corrected chi connectivity index (χ4v) is 4.13. The van der Waals surface area contributed by atoms with Crippen molar-refractivity contribution in [1.82, 2.24) is 29.6 Å². The smallest absolute Gasteiger partial charge is 0.231 e. The first kappa shape index (κ1) is 17.0. The lowest BCUT2D eigenvalue weighted by atomic mass is 9.85. The number of carbonyl (C=O) groups excluding carboxylic acids is 1. The molecule has 0 unspecified atom stereocenters. The molecule has 1 atom stereocenters. The first-order valence-corrected chi connectivity index (χ1v) is 9.57. The molecule has 1 amide bonds. The third-order valence-electron chi connectivity index (χ3n) is 5.52. The van der Waals surface area contributed by atoms with Crippen molar-refractivity contribution in [3.63, 3.8) is 0 Å². The minimum absolute atomic E-state index is 0.0760. The maximum absolute atomic E-state index is 12.6. The largest absolute Gasteiger partial charge is 0.454 e. The number of rotatable bonds is 2. The topological polar surface area (TPSA) is 108 Å². The Bertz CT molecular complexity index is 1340. The maximum atomic E-state index is 12.6. The second-order valence-corrected chi connectivity index (χ2v) is 7.39. The van der Waals surface area contributed by atoms with Gasteiger partial charge < -0.3 is 14.8 Å². The molecule has 2 aliphatic rings. The number of aromatic nitrogens is 6. The van der Waals surface area contributed by atoms with Gasteiger partial charge in [0.1, 0.15) is 5.82 Å². The molecule has 10 nitrogen and oxygen atoms in total. The summed E-state index contributed by atoms with van der Waals surface area (Å²) in [6, 6.07) is 9.44. The molecular weight excluding hydrogens is 386 g/mol. The minimum Gasteiger partial charge on any atom is -0.454 e. The van der Waals surface area contributed by atoms with Crippen LogP contribution in [0.2, 0.25) is 0 Å². The molecule has 0 spiro atoms. The fraction of sp³-hybridized carbons (Fsp3) is 0.250. The Balaban J connectivity index is 1.50. The van der Waals surface area contributed by atoms with E-state index in [9.17, 15) is 4.79 Å². The van der Waals surface area contributed by atoms with Crippen molar-refractivity contribution < 1.29 is 14.3 Å². The Kier molecular flexibility index (Phi) is 3.40. The van der Waals surface area contributed by atoms with Crippen LogP contribution in [0.1, 0.15) is 35.0 Å². The second-order valence-electron chi connectivity index (χ2n) is 7.39. The lowest BCUT2D eigenvalue weighted by molar-refractivity contribution is -0.116. The summed E-state index contributed by atoms with van der Waals surface area (Å²) in [6.45, 7) is 3.98.